The lowest BCUT2D eigenvalue weighted by Gasteiger charge is -2.35. The number of hydrogen-bond acceptors (Lipinski definition) is 5. The Kier molecular flexibility index (Phi) is 58.1. The SMILES string of the molecule is CCCCCCCCCCCCCCCC(=O)SCCC[SiH](OCCCCCCCCCC)OCC(CCCCCCCCCCCCCCC)(CCCCCCCCCCCCCCC)NC. The Morgan fingerprint density at radius 3 is 1.00 bits per heavy atom. The van der Waals surface area contributed by atoms with Gasteiger partial charge in [-0.25, -0.2) is 0 Å². The molecule has 0 aromatic heterocycles. The van der Waals surface area contributed by atoms with E-state index in [0.717, 1.165) is 50.7 Å². The van der Waals surface area contributed by atoms with E-state index in [0.29, 0.717) is 5.12 Å². The van der Waals surface area contributed by atoms with Crippen LogP contribution in [0.15, 0.2) is 0 Å². The third-order valence-electron chi connectivity index (χ3n) is 15.2. The Hall–Kier alpha value is 0.117. The lowest BCUT2D eigenvalue weighted by atomic mass is 9.87. The minimum absolute atomic E-state index is 0.0429. The van der Waals surface area contributed by atoms with Crippen molar-refractivity contribution in [2.24, 2.45) is 0 Å². The fourth-order valence-electron chi connectivity index (χ4n) is 10.3. The van der Waals surface area contributed by atoms with Crippen LogP contribution in [0, 0.1) is 0 Å². The molecule has 0 aromatic rings. The van der Waals surface area contributed by atoms with Gasteiger partial charge in [0.1, 0.15) is 0 Å². The molecule has 0 fully saturated rings. The summed E-state index contributed by atoms with van der Waals surface area (Å²) in [6.45, 7) is 10.9. The maximum atomic E-state index is 12.9. The van der Waals surface area contributed by atoms with Crippen molar-refractivity contribution in [1.29, 1.82) is 0 Å². The smallest absolute Gasteiger partial charge is 0.321 e. The Bertz CT molecular complexity index is 923. The van der Waals surface area contributed by atoms with Crippen LogP contribution < -0.4 is 5.32 Å². The molecule has 6 heteroatoms. The van der Waals surface area contributed by atoms with Crippen LogP contribution in [0.25, 0.3) is 0 Å². The fourth-order valence-corrected chi connectivity index (χ4v) is 13.3. The predicted octanol–water partition coefficient (Wildman–Crippen LogP) is 21.4. The third-order valence-corrected chi connectivity index (χ3v) is 18.3. The quantitative estimate of drug-likeness (QED) is 0.0486. The zero-order valence-corrected chi connectivity index (χ0v) is 49.6. The standard InChI is InChI=1S/C62H127NO3SSi/c1-6-10-14-18-22-26-29-32-35-38-41-45-49-54-61(64)67-58-53-59-68(65-57-52-48-44-25-21-17-13-9-4)66-60-62(63-5,55-50-46-42-39-36-33-30-27-23-19-15-11-7-2)56-51-47-43-40-37-34-31-28-24-20-16-12-8-3/h63,68H,6-60H2,1-5H3. The van der Waals surface area contributed by atoms with Crippen molar-refractivity contribution in [2.45, 2.75) is 367 Å². The lowest BCUT2D eigenvalue weighted by Crippen LogP contribution is -2.49. The number of rotatable bonds is 60. The molecule has 0 aliphatic heterocycles. The third kappa shape index (κ3) is 51.0. The molecule has 4 nitrogen and oxygen atoms in total. The van der Waals surface area contributed by atoms with Gasteiger partial charge in [0.05, 0.1) is 6.61 Å². The highest BCUT2D eigenvalue weighted by atomic mass is 32.2. The summed E-state index contributed by atoms with van der Waals surface area (Å²) in [5.74, 6) is 0.917. The highest BCUT2D eigenvalue weighted by molar-refractivity contribution is 8.13. The van der Waals surface area contributed by atoms with Crippen LogP contribution >= 0.6 is 11.8 Å². The van der Waals surface area contributed by atoms with Crippen LogP contribution in [0.4, 0.5) is 0 Å². The highest BCUT2D eigenvalue weighted by Gasteiger charge is 2.29. The van der Waals surface area contributed by atoms with Crippen LogP contribution in [0.2, 0.25) is 6.04 Å². The molecule has 0 amide bonds. The molecule has 0 saturated carbocycles. The Morgan fingerprint density at radius 2 is 0.676 bits per heavy atom. The molecule has 0 saturated heterocycles. The molecule has 0 heterocycles. The molecule has 408 valence electrons. The monoisotopic (exact) mass is 994 g/mol. The topological polar surface area (TPSA) is 47.6 Å². The zero-order chi connectivity index (χ0) is 49.4. The molecule has 0 aliphatic carbocycles. The van der Waals surface area contributed by atoms with E-state index in [1.165, 1.54) is 302 Å². The van der Waals surface area contributed by atoms with Crippen molar-refractivity contribution in [3.63, 3.8) is 0 Å². The minimum atomic E-state index is -1.85. The molecule has 68 heavy (non-hydrogen) atoms. The van der Waals surface area contributed by atoms with Crippen molar-refractivity contribution >= 4 is 26.2 Å². The molecule has 1 atom stereocenters. The van der Waals surface area contributed by atoms with Crippen LogP contribution in [-0.4, -0.2) is 46.0 Å². The first-order valence-electron chi connectivity index (χ1n) is 31.6. The summed E-state index contributed by atoms with van der Waals surface area (Å²) in [7, 11) is 0.360. The summed E-state index contributed by atoms with van der Waals surface area (Å²) in [6, 6.07) is 1.02. The number of carbonyl (C=O) groups excluding carboxylic acids is 1. The molecule has 0 rings (SSSR count). The summed E-state index contributed by atoms with van der Waals surface area (Å²) in [4.78, 5) is 12.9. The van der Waals surface area contributed by atoms with E-state index >= 15 is 0 Å². The average Bonchev–Trinajstić information content (AvgIpc) is 3.35. The van der Waals surface area contributed by atoms with Gasteiger partial charge >= 0.3 is 9.28 Å². The maximum Gasteiger partial charge on any atom is 0.321 e. The van der Waals surface area contributed by atoms with E-state index in [4.69, 9.17) is 8.85 Å². The Morgan fingerprint density at radius 1 is 0.382 bits per heavy atom. The summed E-state index contributed by atoms with van der Waals surface area (Å²) < 4.78 is 13.7. The van der Waals surface area contributed by atoms with Crippen molar-refractivity contribution in [3.8, 4) is 0 Å². The van der Waals surface area contributed by atoms with Crippen LogP contribution in [0.3, 0.4) is 0 Å². The van der Waals surface area contributed by atoms with E-state index in [-0.39, 0.29) is 5.54 Å². The van der Waals surface area contributed by atoms with Crippen molar-refractivity contribution in [3.05, 3.63) is 0 Å². The second-order valence-electron chi connectivity index (χ2n) is 22.0. The van der Waals surface area contributed by atoms with Crippen LogP contribution in [0.5, 0.6) is 0 Å². The zero-order valence-electron chi connectivity index (χ0n) is 47.6. The van der Waals surface area contributed by atoms with Crippen molar-refractivity contribution < 1.29 is 13.6 Å². The van der Waals surface area contributed by atoms with Gasteiger partial charge in [-0.15, -0.1) is 0 Å². The Balaban J connectivity index is 5.02. The summed E-state index contributed by atoms with van der Waals surface area (Å²) in [5.41, 5.74) is 0.0429. The molecule has 0 spiro atoms. The van der Waals surface area contributed by atoms with E-state index in [1.807, 2.05) is 0 Å². The van der Waals surface area contributed by atoms with Gasteiger partial charge in [0.2, 0.25) is 0 Å². The van der Waals surface area contributed by atoms with Crippen molar-refractivity contribution in [2.75, 3.05) is 26.0 Å². The first-order valence-corrected chi connectivity index (χ1v) is 34.4. The van der Waals surface area contributed by atoms with Crippen LogP contribution in [-0.2, 0) is 13.6 Å². The second kappa shape index (κ2) is 58.0. The van der Waals surface area contributed by atoms with Gasteiger partial charge in [-0.1, -0.05) is 328 Å². The average molecular weight is 995 g/mol. The number of hydrogen-bond donors (Lipinski definition) is 1. The second-order valence-corrected chi connectivity index (χ2v) is 25.2. The first-order chi connectivity index (χ1) is 33.6. The molecule has 0 bridgehead atoms. The van der Waals surface area contributed by atoms with E-state index in [2.05, 4.69) is 40.1 Å². The number of carbonyl (C=O) groups is 1. The summed E-state index contributed by atoms with van der Waals surface area (Å²) in [6.07, 6.45) is 68.8. The number of thioether (sulfide) groups is 1. The molecule has 0 aliphatic rings. The molecule has 0 aromatic carbocycles. The summed E-state index contributed by atoms with van der Waals surface area (Å²) >= 11 is 1.59. The molecular formula is C62H127NO3SSi. The van der Waals surface area contributed by atoms with Gasteiger partial charge in [0, 0.05) is 24.3 Å². The predicted molar refractivity (Wildman–Crippen MR) is 311 cm³/mol. The van der Waals surface area contributed by atoms with Gasteiger partial charge in [-0.05, 0) is 45.2 Å². The minimum Gasteiger partial charge on any atom is -0.397 e. The maximum absolute atomic E-state index is 12.9. The van der Waals surface area contributed by atoms with Gasteiger partial charge < -0.3 is 14.2 Å². The highest BCUT2D eigenvalue weighted by Crippen LogP contribution is 2.26. The Labute approximate surface area is 435 Å². The lowest BCUT2D eigenvalue weighted by molar-refractivity contribution is -0.111. The van der Waals surface area contributed by atoms with Gasteiger partial charge in [-0.2, -0.15) is 0 Å². The molecule has 1 N–H and O–H groups in total. The number of likely N-dealkylation sites (N-methyl/N-ethyl adjacent to an activating group) is 1. The van der Waals surface area contributed by atoms with Gasteiger partial charge in [0.25, 0.3) is 0 Å². The molecule has 1 unspecified atom stereocenters. The van der Waals surface area contributed by atoms with E-state index in [9.17, 15) is 4.79 Å². The number of unbranched alkanes of at least 4 members (excludes halogenated alkanes) is 43. The molecular weight excluding hydrogens is 867 g/mol. The van der Waals surface area contributed by atoms with E-state index in [1.54, 1.807) is 11.8 Å². The molecule has 0 radical (unpaired) electrons. The first kappa shape index (κ1) is 68.1. The summed E-state index contributed by atoms with van der Waals surface area (Å²) in [5, 5.41) is 4.29. The van der Waals surface area contributed by atoms with Gasteiger partial charge in [-0.3, -0.25) is 4.79 Å². The van der Waals surface area contributed by atoms with Crippen LogP contribution in [0.1, 0.15) is 355 Å². The number of nitrogens with one attached hydrogen (secondary N) is 1. The fraction of sp³-hybridized carbons (Fsp3) is 0.984. The normalized spacial score (nSPS) is 12.4. The van der Waals surface area contributed by atoms with E-state index < -0.39 is 9.28 Å². The van der Waals surface area contributed by atoms with Crippen molar-refractivity contribution in [1.82, 2.24) is 5.32 Å². The largest absolute Gasteiger partial charge is 0.397 e. The van der Waals surface area contributed by atoms with Gasteiger partial charge in [0.15, 0.2) is 5.12 Å².